The van der Waals surface area contributed by atoms with Gasteiger partial charge in [0.25, 0.3) is 0 Å². The van der Waals surface area contributed by atoms with E-state index in [9.17, 15) is 0 Å². The molecule has 2 aliphatic rings. The summed E-state index contributed by atoms with van der Waals surface area (Å²) in [4.78, 5) is 14.2. The van der Waals surface area contributed by atoms with Crippen molar-refractivity contribution in [2.24, 2.45) is 0 Å². The fourth-order valence-electron chi connectivity index (χ4n) is 5.13. The molecule has 2 fully saturated rings. The average Bonchev–Trinajstić information content (AvgIpc) is 3.57. The van der Waals surface area contributed by atoms with Crippen LogP contribution in [0.15, 0.2) is 36.7 Å². The molecule has 1 atom stereocenters. The first-order valence-electron chi connectivity index (χ1n) is 11.8. The maximum Gasteiger partial charge on any atom is 0.225 e. The number of piperidine rings is 1. The van der Waals surface area contributed by atoms with Gasteiger partial charge in [0.15, 0.2) is 11.5 Å². The molecule has 0 radical (unpaired) electrons. The zero-order valence-electron chi connectivity index (χ0n) is 19.5. The molecule has 2 aromatic heterocycles. The van der Waals surface area contributed by atoms with Gasteiger partial charge >= 0.3 is 0 Å². The molecule has 2 aliphatic heterocycles. The van der Waals surface area contributed by atoms with E-state index in [2.05, 4.69) is 31.0 Å². The highest BCUT2D eigenvalue weighted by Gasteiger charge is 2.27. The quantitative estimate of drug-likeness (QED) is 0.588. The number of hydrogen-bond acceptors (Lipinski definition) is 7. The van der Waals surface area contributed by atoms with Crippen LogP contribution < -0.4 is 14.4 Å². The van der Waals surface area contributed by atoms with Crippen molar-refractivity contribution >= 4 is 5.95 Å². The number of benzene rings is 1. The zero-order chi connectivity index (χ0) is 22.6. The minimum atomic E-state index is 0.373. The summed E-state index contributed by atoms with van der Waals surface area (Å²) in [6.45, 7) is 4.92. The third-order valence-corrected chi connectivity index (χ3v) is 6.77. The van der Waals surface area contributed by atoms with Crippen LogP contribution in [0, 0.1) is 0 Å². The lowest BCUT2D eigenvalue weighted by Crippen LogP contribution is -2.34. The first-order chi connectivity index (χ1) is 16.3. The van der Waals surface area contributed by atoms with Crippen LogP contribution >= 0.6 is 0 Å². The maximum absolute atomic E-state index is 5.65. The fourth-order valence-corrected chi connectivity index (χ4v) is 5.13. The number of nitrogens with zero attached hydrogens (tertiary/aromatic N) is 5. The van der Waals surface area contributed by atoms with Crippen LogP contribution in [0.5, 0.6) is 11.5 Å². The van der Waals surface area contributed by atoms with Crippen molar-refractivity contribution < 1.29 is 9.47 Å². The summed E-state index contributed by atoms with van der Waals surface area (Å²) in [6.07, 6.45) is 8.47. The Balaban J connectivity index is 1.35. The maximum atomic E-state index is 5.65. The monoisotopic (exact) mass is 448 g/mol. The molecule has 2 saturated heterocycles. The second-order valence-electron chi connectivity index (χ2n) is 8.86. The van der Waals surface area contributed by atoms with Gasteiger partial charge in [0.1, 0.15) is 0 Å². The summed E-state index contributed by atoms with van der Waals surface area (Å²) < 4.78 is 11.1. The normalized spacial score (nSPS) is 19.1. The van der Waals surface area contributed by atoms with Gasteiger partial charge in [0, 0.05) is 55.1 Å². The lowest BCUT2D eigenvalue weighted by atomic mass is 9.91. The summed E-state index contributed by atoms with van der Waals surface area (Å²) in [6, 6.07) is 8.08. The van der Waals surface area contributed by atoms with Gasteiger partial charge in [-0.3, -0.25) is 10.00 Å². The van der Waals surface area contributed by atoms with Gasteiger partial charge in [-0.05, 0) is 44.4 Å². The number of nitrogens with one attached hydrogen (secondary N) is 1. The van der Waals surface area contributed by atoms with Crippen LogP contribution in [0.2, 0.25) is 0 Å². The largest absolute Gasteiger partial charge is 0.493 e. The smallest absolute Gasteiger partial charge is 0.225 e. The Morgan fingerprint density at radius 3 is 2.76 bits per heavy atom. The van der Waals surface area contributed by atoms with E-state index in [1.807, 2.05) is 30.6 Å². The third kappa shape index (κ3) is 4.53. The second-order valence-corrected chi connectivity index (χ2v) is 8.86. The molecule has 8 heteroatoms. The Labute approximate surface area is 194 Å². The van der Waals surface area contributed by atoms with Crippen molar-refractivity contribution in [3.63, 3.8) is 0 Å². The number of likely N-dealkylation sites (tertiary alicyclic amines) is 1. The molecule has 1 N–H and O–H groups in total. The van der Waals surface area contributed by atoms with Crippen LogP contribution in [0.4, 0.5) is 5.95 Å². The molecular weight excluding hydrogens is 416 g/mol. The van der Waals surface area contributed by atoms with Gasteiger partial charge < -0.3 is 14.4 Å². The van der Waals surface area contributed by atoms with Crippen molar-refractivity contribution in [3.8, 4) is 22.8 Å². The van der Waals surface area contributed by atoms with Crippen LogP contribution in [-0.4, -0.2) is 65.5 Å². The topological polar surface area (TPSA) is 79.4 Å². The number of rotatable bonds is 7. The fraction of sp³-hybridized carbons (Fsp3) is 0.480. The van der Waals surface area contributed by atoms with E-state index >= 15 is 0 Å². The molecular formula is C25H32N6O2. The Kier molecular flexibility index (Phi) is 6.44. The minimum Gasteiger partial charge on any atom is -0.493 e. The van der Waals surface area contributed by atoms with Crippen molar-refractivity contribution in [1.29, 1.82) is 0 Å². The van der Waals surface area contributed by atoms with Crippen LogP contribution in [-0.2, 0) is 6.54 Å². The van der Waals surface area contributed by atoms with Crippen molar-refractivity contribution in [1.82, 2.24) is 25.1 Å². The molecule has 0 saturated carbocycles. The summed E-state index contributed by atoms with van der Waals surface area (Å²) in [5.74, 6) is 2.79. The average molecular weight is 449 g/mol. The standard InChI is InChI=1S/C25H32N6O2/c1-32-22-9-5-7-19(24(22)33-2)17-30-12-6-8-18(16-30)23-20(15-27-29-23)21-10-11-26-25(28-21)31-13-3-4-14-31/h5,7,9-11,15,18H,3-4,6,8,12-14,16-17H2,1-2H3,(H,27,29). The first-order valence-corrected chi connectivity index (χ1v) is 11.8. The highest BCUT2D eigenvalue weighted by Crippen LogP contribution is 2.35. The van der Waals surface area contributed by atoms with E-state index in [0.717, 1.165) is 79.8 Å². The van der Waals surface area contributed by atoms with Crippen molar-refractivity contribution in [3.05, 3.63) is 47.9 Å². The third-order valence-electron chi connectivity index (χ3n) is 6.77. The number of aromatic nitrogens is 4. The van der Waals surface area contributed by atoms with E-state index in [4.69, 9.17) is 14.5 Å². The van der Waals surface area contributed by atoms with E-state index in [-0.39, 0.29) is 0 Å². The molecule has 1 aromatic carbocycles. The molecule has 4 heterocycles. The SMILES string of the molecule is COc1cccc(CN2CCCC(c3[nH]ncc3-c3ccnc(N4CCCC4)n3)C2)c1OC. The van der Waals surface area contributed by atoms with Crippen LogP contribution in [0.25, 0.3) is 11.3 Å². The van der Waals surface area contributed by atoms with Crippen LogP contribution in [0.3, 0.4) is 0 Å². The molecule has 0 bridgehead atoms. The van der Waals surface area contributed by atoms with E-state index in [1.54, 1.807) is 14.2 Å². The van der Waals surface area contributed by atoms with Crippen molar-refractivity contribution in [2.75, 3.05) is 45.3 Å². The summed E-state index contributed by atoms with van der Waals surface area (Å²) in [5.41, 5.74) is 4.35. The number of H-pyrrole nitrogens is 1. The molecule has 174 valence electrons. The number of para-hydroxylation sites is 1. The highest BCUT2D eigenvalue weighted by molar-refractivity contribution is 5.63. The number of aromatic amines is 1. The van der Waals surface area contributed by atoms with Gasteiger partial charge in [-0.2, -0.15) is 5.10 Å². The van der Waals surface area contributed by atoms with Crippen LogP contribution in [0.1, 0.15) is 42.9 Å². The summed E-state index contributed by atoms with van der Waals surface area (Å²) >= 11 is 0. The molecule has 0 spiro atoms. The predicted molar refractivity (Wildman–Crippen MR) is 128 cm³/mol. The molecule has 5 rings (SSSR count). The molecule has 33 heavy (non-hydrogen) atoms. The van der Waals surface area contributed by atoms with Gasteiger partial charge in [0.05, 0.1) is 26.1 Å². The highest BCUT2D eigenvalue weighted by atomic mass is 16.5. The van der Waals surface area contributed by atoms with Crippen molar-refractivity contribution in [2.45, 2.75) is 38.1 Å². The number of hydrogen-bond donors (Lipinski definition) is 1. The molecule has 0 aliphatic carbocycles. The minimum absolute atomic E-state index is 0.373. The lowest BCUT2D eigenvalue weighted by Gasteiger charge is -2.33. The Morgan fingerprint density at radius 1 is 1.06 bits per heavy atom. The molecule has 1 unspecified atom stereocenters. The Morgan fingerprint density at radius 2 is 1.94 bits per heavy atom. The first kappa shape index (κ1) is 21.7. The van der Waals surface area contributed by atoms with E-state index in [0.29, 0.717) is 5.92 Å². The lowest BCUT2D eigenvalue weighted by molar-refractivity contribution is 0.196. The summed E-state index contributed by atoms with van der Waals surface area (Å²) in [5, 5.41) is 7.70. The molecule has 8 nitrogen and oxygen atoms in total. The molecule has 0 amide bonds. The number of methoxy groups -OCH3 is 2. The number of anilines is 1. The van der Waals surface area contributed by atoms with E-state index < -0.39 is 0 Å². The predicted octanol–water partition coefficient (Wildman–Crippen LogP) is 3.86. The van der Waals surface area contributed by atoms with Gasteiger partial charge in [-0.15, -0.1) is 0 Å². The molecule has 3 aromatic rings. The summed E-state index contributed by atoms with van der Waals surface area (Å²) in [7, 11) is 3.38. The van der Waals surface area contributed by atoms with Gasteiger partial charge in [0.2, 0.25) is 5.95 Å². The zero-order valence-corrected chi connectivity index (χ0v) is 19.5. The Hall–Kier alpha value is -3.13. The number of ether oxygens (including phenoxy) is 2. The second kappa shape index (κ2) is 9.79. The Bertz CT molecular complexity index is 1080. The van der Waals surface area contributed by atoms with Gasteiger partial charge in [-0.1, -0.05) is 12.1 Å². The van der Waals surface area contributed by atoms with Gasteiger partial charge in [-0.25, -0.2) is 9.97 Å². The van der Waals surface area contributed by atoms with E-state index in [1.165, 1.54) is 18.5 Å².